The zero-order valence-electron chi connectivity index (χ0n) is 9.63. The minimum absolute atomic E-state index is 0.0296. The van der Waals surface area contributed by atoms with Crippen LogP contribution in [-0.4, -0.2) is 39.6 Å². The van der Waals surface area contributed by atoms with Crippen molar-refractivity contribution < 1.29 is 8.42 Å². The predicted octanol–water partition coefficient (Wildman–Crippen LogP) is 0.551. The molecule has 0 saturated carbocycles. The van der Waals surface area contributed by atoms with Gasteiger partial charge in [0.05, 0.1) is 5.69 Å². The van der Waals surface area contributed by atoms with Crippen LogP contribution in [0.25, 0.3) is 0 Å². The third-order valence-corrected chi connectivity index (χ3v) is 3.72. The summed E-state index contributed by atoms with van der Waals surface area (Å²) in [6.45, 7) is 3.72. The molecule has 0 aliphatic carbocycles. The Labute approximate surface area is 106 Å². The highest BCUT2D eigenvalue weighted by molar-refractivity contribution is 7.73. The molecule has 0 bridgehead atoms. The number of rotatable bonds is 1. The molecule has 3 rings (SSSR count). The van der Waals surface area contributed by atoms with Gasteiger partial charge in [-0.25, -0.2) is 0 Å². The van der Waals surface area contributed by atoms with Gasteiger partial charge >= 0.3 is 0 Å². The number of azo groups is 1. The van der Waals surface area contributed by atoms with E-state index in [1.54, 1.807) is 0 Å². The SMILES string of the molecule is O=S(=O)=C1N=Nc2ccc(N3CCNCC3)cc21. The molecule has 1 N–H and O–H groups in total. The van der Waals surface area contributed by atoms with E-state index in [2.05, 4.69) is 20.4 Å². The summed E-state index contributed by atoms with van der Waals surface area (Å²) in [5, 5.41) is 10.8. The monoisotopic (exact) mass is 264 g/mol. The molecule has 1 aromatic carbocycles. The van der Waals surface area contributed by atoms with Crippen LogP contribution in [0.4, 0.5) is 11.4 Å². The van der Waals surface area contributed by atoms with Gasteiger partial charge in [-0.05, 0) is 18.2 Å². The van der Waals surface area contributed by atoms with Crippen molar-refractivity contribution >= 4 is 26.7 Å². The van der Waals surface area contributed by atoms with Crippen molar-refractivity contribution in [3.05, 3.63) is 23.8 Å². The van der Waals surface area contributed by atoms with E-state index in [4.69, 9.17) is 0 Å². The van der Waals surface area contributed by atoms with Crippen LogP contribution in [0.2, 0.25) is 0 Å². The van der Waals surface area contributed by atoms with E-state index in [-0.39, 0.29) is 4.99 Å². The van der Waals surface area contributed by atoms with Crippen molar-refractivity contribution in [2.45, 2.75) is 0 Å². The van der Waals surface area contributed by atoms with E-state index in [0.717, 1.165) is 31.9 Å². The van der Waals surface area contributed by atoms with Gasteiger partial charge in [0.1, 0.15) is 0 Å². The van der Waals surface area contributed by atoms with Gasteiger partial charge in [0.2, 0.25) is 15.3 Å². The zero-order chi connectivity index (χ0) is 12.5. The van der Waals surface area contributed by atoms with Gasteiger partial charge in [0.15, 0.2) is 0 Å². The lowest BCUT2D eigenvalue weighted by molar-refractivity contribution is 0.589. The van der Waals surface area contributed by atoms with E-state index in [1.165, 1.54) is 0 Å². The van der Waals surface area contributed by atoms with Gasteiger partial charge in [-0.1, -0.05) is 0 Å². The molecule has 0 aromatic heterocycles. The quantitative estimate of drug-likeness (QED) is 0.752. The number of hydrogen-bond acceptors (Lipinski definition) is 5. The Morgan fingerprint density at radius 3 is 2.67 bits per heavy atom. The fraction of sp³-hybridized carbons (Fsp3) is 0.364. The fourth-order valence-corrected chi connectivity index (χ4v) is 2.63. The van der Waals surface area contributed by atoms with Gasteiger partial charge in [0.25, 0.3) is 0 Å². The minimum atomic E-state index is -2.34. The number of anilines is 1. The Bertz CT molecular complexity index is 637. The summed E-state index contributed by atoms with van der Waals surface area (Å²) in [6, 6.07) is 5.63. The number of fused-ring (bicyclic) bond motifs is 1. The van der Waals surface area contributed by atoms with E-state index < -0.39 is 10.3 Å². The summed E-state index contributed by atoms with van der Waals surface area (Å²) in [5.41, 5.74) is 2.23. The molecule has 1 saturated heterocycles. The number of hydrogen-bond donors (Lipinski definition) is 1. The van der Waals surface area contributed by atoms with E-state index in [0.29, 0.717) is 11.3 Å². The van der Waals surface area contributed by atoms with Crippen LogP contribution in [0.5, 0.6) is 0 Å². The molecule has 2 aliphatic heterocycles. The average Bonchev–Trinajstić information content (AvgIpc) is 2.82. The summed E-state index contributed by atoms with van der Waals surface area (Å²) in [7, 11) is -2.34. The first-order chi connectivity index (χ1) is 8.75. The zero-order valence-corrected chi connectivity index (χ0v) is 10.4. The normalized spacial score (nSPS) is 18.0. The van der Waals surface area contributed by atoms with E-state index in [9.17, 15) is 8.42 Å². The maximum atomic E-state index is 11.0. The largest absolute Gasteiger partial charge is 0.369 e. The molecule has 2 heterocycles. The maximum absolute atomic E-state index is 11.0. The summed E-state index contributed by atoms with van der Waals surface area (Å²) >= 11 is 0. The average molecular weight is 264 g/mol. The first-order valence-electron chi connectivity index (χ1n) is 5.74. The third-order valence-electron chi connectivity index (χ3n) is 3.10. The molecule has 0 spiro atoms. The van der Waals surface area contributed by atoms with Gasteiger partial charge in [-0.2, -0.15) is 8.42 Å². The number of benzene rings is 1. The van der Waals surface area contributed by atoms with Crippen LogP contribution in [0.15, 0.2) is 28.4 Å². The molecule has 2 aliphatic rings. The molecule has 6 nitrogen and oxygen atoms in total. The lowest BCUT2D eigenvalue weighted by Gasteiger charge is -2.29. The summed E-state index contributed by atoms with van der Waals surface area (Å²) in [6.07, 6.45) is 0. The summed E-state index contributed by atoms with van der Waals surface area (Å²) in [4.78, 5) is 2.25. The highest BCUT2D eigenvalue weighted by Gasteiger charge is 2.19. The molecule has 0 radical (unpaired) electrons. The molecule has 1 fully saturated rings. The van der Waals surface area contributed by atoms with Crippen molar-refractivity contribution in [3.8, 4) is 0 Å². The molecular formula is C11H12N4O2S. The number of nitrogens with one attached hydrogen (secondary N) is 1. The smallest absolute Gasteiger partial charge is 0.242 e. The second-order valence-electron chi connectivity index (χ2n) is 4.18. The molecule has 1 aromatic rings. The van der Waals surface area contributed by atoms with Gasteiger partial charge in [-0.15, -0.1) is 10.2 Å². The van der Waals surface area contributed by atoms with Crippen LogP contribution < -0.4 is 10.2 Å². The highest BCUT2D eigenvalue weighted by atomic mass is 32.2. The van der Waals surface area contributed by atoms with Crippen molar-refractivity contribution in [2.24, 2.45) is 10.2 Å². The van der Waals surface area contributed by atoms with Crippen LogP contribution >= 0.6 is 0 Å². The standard InChI is InChI=1S/C11H12N4O2S/c16-18(17)11-9-7-8(1-2-10(9)13-14-11)15-5-3-12-4-6-15/h1-2,7,12H,3-6H2. The van der Waals surface area contributed by atoms with E-state index >= 15 is 0 Å². The Balaban J connectivity index is 2.02. The van der Waals surface area contributed by atoms with Gasteiger partial charge in [-0.3, -0.25) is 0 Å². The first kappa shape index (κ1) is 11.4. The van der Waals surface area contributed by atoms with Crippen molar-refractivity contribution in [1.29, 1.82) is 0 Å². The lowest BCUT2D eigenvalue weighted by Crippen LogP contribution is -2.43. The number of piperazine rings is 1. The predicted molar refractivity (Wildman–Crippen MR) is 69.1 cm³/mol. The van der Waals surface area contributed by atoms with Crippen molar-refractivity contribution in [2.75, 3.05) is 31.1 Å². The van der Waals surface area contributed by atoms with Crippen LogP contribution in [0, 0.1) is 0 Å². The second kappa shape index (κ2) is 4.51. The fourth-order valence-electron chi connectivity index (χ4n) is 2.18. The third kappa shape index (κ3) is 1.91. The molecular weight excluding hydrogens is 252 g/mol. The maximum Gasteiger partial charge on any atom is 0.242 e. The number of nitrogens with zero attached hydrogens (tertiary/aromatic N) is 3. The van der Waals surface area contributed by atoms with Gasteiger partial charge < -0.3 is 10.2 Å². The summed E-state index contributed by atoms with van der Waals surface area (Å²) < 4.78 is 22.1. The Hall–Kier alpha value is -1.73. The molecule has 7 heteroatoms. The highest BCUT2D eigenvalue weighted by Crippen LogP contribution is 2.30. The first-order valence-corrected chi connectivity index (χ1v) is 6.81. The van der Waals surface area contributed by atoms with Crippen LogP contribution in [-0.2, 0) is 10.3 Å². The van der Waals surface area contributed by atoms with Gasteiger partial charge in [0, 0.05) is 37.4 Å². The Kier molecular flexibility index (Phi) is 2.85. The molecule has 0 amide bonds. The molecule has 0 unspecified atom stereocenters. The van der Waals surface area contributed by atoms with Crippen molar-refractivity contribution in [1.82, 2.24) is 5.32 Å². The molecule has 0 atom stereocenters. The van der Waals surface area contributed by atoms with Crippen LogP contribution in [0.3, 0.4) is 0 Å². The van der Waals surface area contributed by atoms with Crippen LogP contribution in [0.1, 0.15) is 5.56 Å². The molecule has 18 heavy (non-hydrogen) atoms. The lowest BCUT2D eigenvalue weighted by atomic mass is 10.1. The minimum Gasteiger partial charge on any atom is -0.369 e. The van der Waals surface area contributed by atoms with Crippen molar-refractivity contribution in [3.63, 3.8) is 0 Å². The topological polar surface area (TPSA) is 74.1 Å². The molecule has 94 valence electrons. The van der Waals surface area contributed by atoms with E-state index in [1.807, 2.05) is 18.2 Å². The Morgan fingerprint density at radius 1 is 1.17 bits per heavy atom. The summed E-state index contributed by atoms with van der Waals surface area (Å²) in [5.74, 6) is 0. The second-order valence-corrected chi connectivity index (χ2v) is 5.03. The Morgan fingerprint density at radius 2 is 1.94 bits per heavy atom.